The van der Waals surface area contributed by atoms with Crippen molar-refractivity contribution in [1.29, 1.82) is 0 Å². The van der Waals surface area contributed by atoms with E-state index in [1.165, 1.54) is 29.8 Å². The summed E-state index contributed by atoms with van der Waals surface area (Å²) in [6.07, 6.45) is 3.64. The van der Waals surface area contributed by atoms with Crippen molar-refractivity contribution in [2.75, 3.05) is 36.6 Å². The molecule has 0 bridgehead atoms. The first-order valence-electron chi connectivity index (χ1n) is 6.38. The fourth-order valence-corrected chi connectivity index (χ4v) is 3.04. The number of nitrogens with one attached hydrogen (secondary N) is 1. The molecule has 1 aromatic rings. The van der Waals surface area contributed by atoms with Gasteiger partial charge in [0.1, 0.15) is 5.69 Å². The molecule has 4 heteroatoms. The summed E-state index contributed by atoms with van der Waals surface area (Å²) in [5, 5.41) is 3.50. The highest BCUT2D eigenvalue weighted by atomic mass is 16.7. The van der Waals surface area contributed by atoms with E-state index < -0.39 is 0 Å². The van der Waals surface area contributed by atoms with E-state index in [2.05, 4.69) is 16.3 Å². The zero-order valence-corrected chi connectivity index (χ0v) is 9.79. The minimum Gasteiger partial charge on any atom is -0.453 e. The van der Waals surface area contributed by atoms with Gasteiger partial charge in [-0.3, -0.25) is 0 Å². The molecule has 1 saturated heterocycles. The minimum atomic E-state index is 0.360. The highest BCUT2D eigenvalue weighted by Crippen LogP contribution is 2.50. The van der Waals surface area contributed by atoms with E-state index >= 15 is 0 Å². The first-order valence-corrected chi connectivity index (χ1v) is 6.38. The predicted octanol–water partition coefficient (Wildman–Crippen LogP) is 1.98. The molecule has 1 aromatic carbocycles. The van der Waals surface area contributed by atoms with Crippen molar-refractivity contribution in [3.05, 3.63) is 11.6 Å². The quantitative estimate of drug-likeness (QED) is 0.802. The molecule has 1 N–H and O–H groups in total. The van der Waals surface area contributed by atoms with Crippen molar-refractivity contribution in [2.45, 2.75) is 19.3 Å². The monoisotopic (exact) mass is 232 g/mol. The molecule has 0 atom stereocenters. The molecule has 0 unspecified atom stereocenters. The number of hydrogen-bond donors (Lipinski definition) is 1. The van der Waals surface area contributed by atoms with Crippen LogP contribution in [-0.4, -0.2) is 26.4 Å². The van der Waals surface area contributed by atoms with Crippen LogP contribution in [-0.2, 0) is 6.42 Å². The zero-order chi connectivity index (χ0) is 11.2. The second-order valence-corrected chi connectivity index (χ2v) is 4.86. The van der Waals surface area contributed by atoms with Gasteiger partial charge in [0, 0.05) is 19.6 Å². The van der Waals surface area contributed by atoms with Crippen LogP contribution in [0.2, 0.25) is 0 Å². The van der Waals surface area contributed by atoms with Gasteiger partial charge in [0.25, 0.3) is 0 Å². The first kappa shape index (κ1) is 9.45. The largest absolute Gasteiger partial charge is 0.453 e. The molecule has 1 fully saturated rings. The molecule has 17 heavy (non-hydrogen) atoms. The molecule has 0 aliphatic carbocycles. The van der Waals surface area contributed by atoms with E-state index in [1.54, 1.807) is 0 Å². The Morgan fingerprint density at radius 3 is 2.94 bits per heavy atom. The molecule has 0 aromatic heterocycles. The smallest absolute Gasteiger partial charge is 0.231 e. The molecular weight excluding hydrogens is 216 g/mol. The number of benzene rings is 1. The topological polar surface area (TPSA) is 33.7 Å². The summed E-state index contributed by atoms with van der Waals surface area (Å²) in [5.74, 6) is 1.87. The van der Waals surface area contributed by atoms with Crippen LogP contribution in [0.15, 0.2) is 6.07 Å². The normalized spacial score (nSPS) is 20.6. The van der Waals surface area contributed by atoms with Crippen molar-refractivity contribution < 1.29 is 9.47 Å². The van der Waals surface area contributed by atoms with Crippen LogP contribution >= 0.6 is 0 Å². The Bertz CT molecular complexity index is 435. The maximum Gasteiger partial charge on any atom is 0.231 e. The maximum absolute atomic E-state index is 5.66. The third kappa shape index (κ3) is 1.30. The molecular formula is C13H16N2O2. The van der Waals surface area contributed by atoms with Crippen molar-refractivity contribution in [3.8, 4) is 11.5 Å². The highest BCUT2D eigenvalue weighted by molar-refractivity contribution is 5.85. The van der Waals surface area contributed by atoms with Crippen LogP contribution < -0.4 is 19.7 Å². The van der Waals surface area contributed by atoms with E-state index in [0.29, 0.717) is 6.79 Å². The summed E-state index contributed by atoms with van der Waals surface area (Å²) in [5.41, 5.74) is 3.89. The number of rotatable bonds is 1. The summed E-state index contributed by atoms with van der Waals surface area (Å²) < 4.78 is 11.2. The maximum atomic E-state index is 5.66. The van der Waals surface area contributed by atoms with Gasteiger partial charge in [0.15, 0.2) is 11.5 Å². The standard InChI is InChI=1S/C13H16N2O2/c1-2-6-15(5-1)12-11-9(3-4-14-11)7-10-13(12)17-8-16-10/h7,14H,1-6,8H2. The molecule has 4 rings (SSSR count). The van der Waals surface area contributed by atoms with E-state index in [-0.39, 0.29) is 0 Å². The molecule has 0 amide bonds. The minimum absolute atomic E-state index is 0.360. The summed E-state index contributed by atoms with van der Waals surface area (Å²) in [6.45, 7) is 3.65. The number of anilines is 2. The molecule has 3 aliphatic rings. The van der Waals surface area contributed by atoms with Gasteiger partial charge in [-0.05, 0) is 30.9 Å². The molecule has 3 heterocycles. The predicted molar refractivity (Wildman–Crippen MR) is 66.2 cm³/mol. The van der Waals surface area contributed by atoms with E-state index in [0.717, 1.165) is 37.6 Å². The van der Waals surface area contributed by atoms with Gasteiger partial charge in [-0.25, -0.2) is 0 Å². The molecule has 0 saturated carbocycles. The van der Waals surface area contributed by atoms with Gasteiger partial charge in [-0.15, -0.1) is 0 Å². The lowest BCUT2D eigenvalue weighted by molar-refractivity contribution is 0.174. The average Bonchev–Trinajstić information content (AvgIpc) is 3.06. The van der Waals surface area contributed by atoms with Gasteiger partial charge in [-0.1, -0.05) is 0 Å². The van der Waals surface area contributed by atoms with Crippen LogP contribution in [0.1, 0.15) is 18.4 Å². The SMILES string of the molecule is c1c2c(c(N3CCCC3)c3c1OCO3)NCC2. The molecule has 0 radical (unpaired) electrons. The lowest BCUT2D eigenvalue weighted by Gasteiger charge is -2.22. The summed E-state index contributed by atoms with van der Waals surface area (Å²) in [4.78, 5) is 2.44. The second kappa shape index (κ2) is 3.45. The summed E-state index contributed by atoms with van der Waals surface area (Å²) >= 11 is 0. The number of fused-ring (bicyclic) bond motifs is 2. The van der Waals surface area contributed by atoms with Gasteiger partial charge >= 0.3 is 0 Å². The van der Waals surface area contributed by atoms with Gasteiger partial charge < -0.3 is 19.7 Å². The van der Waals surface area contributed by atoms with Crippen LogP contribution in [0, 0.1) is 0 Å². The third-order valence-corrected chi connectivity index (χ3v) is 3.84. The molecule has 3 aliphatic heterocycles. The lowest BCUT2D eigenvalue weighted by Crippen LogP contribution is -2.19. The van der Waals surface area contributed by atoms with Gasteiger partial charge in [0.2, 0.25) is 6.79 Å². The fraction of sp³-hybridized carbons (Fsp3) is 0.538. The van der Waals surface area contributed by atoms with Gasteiger partial charge in [-0.2, -0.15) is 0 Å². The van der Waals surface area contributed by atoms with Crippen molar-refractivity contribution >= 4 is 11.4 Å². The van der Waals surface area contributed by atoms with Gasteiger partial charge in [0.05, 0.1) is 5.69 Å². The van der Waals surface area contributed by atoms with E-state index in [1.807, 2.05) is 0 Å². The van der Waals surface area contributed by atoms with Crippen LogP contribution in [0.4, 0.5) is 11.4 Å². The number of hydrogen-bond acceptors (Lipinski definition) is 4. The van der Waals surface area contributed by atoms with Crippen molar-refractivity contribution in [3.63, 3.8) is 0 Å². The van der Waals surface area contributed by atoms with Crippen LogP contribution in [0.25, 0.3) is 0 Å². The Labute approximate surface area is 101 Å². The second-order valence-electron chi connectivity index (χ2n) is 4.86. The molecule has 4 nitrogen and oxygen atoms in total. The van der Waals surface area contributed by atoms with E-state index in [4.69, 9.17) is 9.47 Å². The highest BCUT2D eigenvalue weighted by Gasteiger charge is 2.30. The lowest BCUT2D eigenvalue weighted by atomic mass is 10.1. The Morgan fingerprint density at radius 2 is 2.06 bits per heavy atom. The van der Waals surface area contributed by atoms with Crippen LogP contribution in [0.5, 0.6) is 11.5 Å². The average molecular weight is 232 g/mol. The van der Waals surface area contributed by atoms with E-state index in [9.17, 15) is 0 Å². The zero-order valence-electron chi connectivity index (χ0n) is 9.79. The Kier molecular flexibility index (Phi) is 1.92. The molecule has 90 valence electrons. The Balaban J connectivity index is 1.90. The molecule has 0 spiro atoms. The number of nitrogens with zero attached hydrogens (tertiary/aromatic N) is 1. The summed E-state index contributed by atoms with van der Waals surface area (Å²) in [7, 11) is 0. The third-order valence-electron chi connectivity index (χ3n) is 3.84. The fourth-order valence-electron chi connectivity index (χ4n) is 3.04. The van der Waals surface area contributed by atoms with Crippen molar-refractivity contribution in [2.24, 2.45) is 0 Å². The number of ether oxygens (including phenoxy) is 2. The first-order chi connectivity index (χ1) is 8.43. The Hall–Kier alpha value is -1.58. The Morgan fingerprint density at radius 1 is 1.18 bits per heavy atom. The summed E-state index contributed by atoms with van der Waals surface area (Å²) in [6, 6.07) is 2.14. The van der Waals surface area contributed by atoms with Crippen LogP contribution in [0.3, 0.4) is 0 Å². The van der Waals surface area contributed by atoms with Crippen molar-refractivity contribution in [1.82, 2.24) is 0 Å².